The zero-order chi connectivity index (χ0) is 15.9. The highest BCUT2D eigenvalue weighted by molar-refractivity contribution is 5.91. The van der Waals surface area contributed by atoms with E-state index < -0.39 is 0 Å². The Morgan fingerprint density at radius 2 is 1.91 bits per heavy atom. The van der Waals surface area contributed by atoms with Crippen LogP contribution in [0, 0.1) is 6.92 Å². The third-order valence-electron chi connectivity index (χ3n) is 2.87. The molecule has 22 heavy (non-hydrogen) atoms. The Labute approximate surface area is 130 Å². The summed E-state index contributed by atoms with van der Waals surface area (Å²) in [6.07, 6.45) is 1.62. The van der Waals surface area contributed by atoms with Crippen molar-refractivity contribution in [2.45, 2.75) is 26.8 Å². The number of ether oxygens (including phenoxy) is 1. The quantitative estimate of drug-likeness (QED) is 0.859. The van der Waals surface area contributed by atoms with Crippen LogP contribution < -0.4 is 15.4 Å². The summed E-state index contributed by atoms with van der Waals surface area (Å²) < 4.78 is 5.43. The summed E-state index contributed by atoms with van der Waals surface area (Å²) in [5.74, 6) is 1.24. The number of pyridine rings is 1. The predicted molar refractivity (Wildman–Crippen MR) is 88.3 cm³/mol. The molecule has 0 bridgehead atoms. The van der Waals surface area contributed by atoms with Crippen molar-refractivity contribution in [2.75, 3.05) is 17.2 Å². The number of benzene rings is 1. The molecule has 0 aliphatic carbocycles. The van der Waals surface area contributed by atoms with Crippen LogP contribution in [0.15, 0.2) is 42.6 Å². The van der Waals surface area contributed by atoms with E-state index in [1.807, 2.05) is 57.2 Å². The van der Waals surface area contributed by atoms with Crippen molar-refractivity contribution >= 4 is 17.4 Å². The van der Waals surface area contributed by atoms with Crippen LogP contribution in [0.4, 0.5) is 11.5 Å². The molecule has 0 fully saturated rings. The lowest BCUT2D eigenvalue weighted by Crippen LogP contribution is -2.20. The van der Waals surface area contributed by atoms with E-state index >= 15 is 0 Å². The van der Waals surface area contributed by atoms with Crippen molar-refractivity contribution in [3.05, 3.63) is 48.2 Å². The molecule has 2 rings (SSSR count). The van der Waals surface area contributed by atoms with Crippen molar-refractivity contribution in [3.63, 3.8) is 0 Å². The summed E-state index contributed by atoms with van der Waals surface area (Å²) in [4.78, 5) is 16.1. The van der Waals surface area contributed by atoms with Gasteiger partial charge in [0.2, 0.25) is 0 Å². The van der Waals surface area contributed by atoms with E-state index in [2.05, 4.69) is 15.6 Å². The molecule has 0 saturated carbocycles. The normalized spacial score (nSPS) is 10.4. The van der Waals surface area contributed by atoms with Crippen molar-refractivity contribution in [1.29, 1.82) is 0 Å². The maximum atomic E-state index is 11.8. The molecule has 1 amide bonds. The predicted octanol–water partition coefficient (Wildman–Crippen LogP) is 3.23. The van der Waals surface area contributed by atoms with E-state index in [0.29, 0.717) is 17.5 Å². The summed E-state index contributed by atoms with van der Waals surface area (Å²) >= 11 is 0. The average molecular weight is 299 g/mol. The number of hydrogen-bond donors (Lipinski definition) is 2. The number of rotatable bonds is 6. The van der Waals surface area contributed by atoms with E-state index in [9.17, 15) is 4.79 Å². The molecular weight excluding hydrogens is 278 g/mol. The first-order valence-electron chi connectivity index (χ1n) is 7.25. The highest BCUT2D eigenvalue weighted by atomic mass is 16.5. The first-order chi connectivity index (χ1) is 10.5. The Bertz CT molecular complexity index is 607. The highest BCUT2D eigenvalue weighted by Crippen LogP contribution is 2.12. The van der Waals surface area contributed by atoms with Crippen molar-refractivity contribution in [2.24, 2.45) is 0 Å². The summed E-state index contributed by atoms with van der Waals surface area (Å²) in [7, 11) is 0. The zero-order valence-electron chi connectivity index (χ0n) is 13.1. The van der Waals surface area contributed by atoms with Gasteiger partial charge < -0.3 is 15.4 Å². The van der Waals surface area contributed by atoms with Crippen molar-refractivity contribution in [3.8, 4) is 5.75 Å². The van der Waals surface area contributed by atoms with E-state index in [0.717, 1.165) is 11.4 Å². The van der Waals surface area contributed by atoms with Crippen molar-refractivity contribution < 1.29 is 9.53 Å². The van der Waals surface area contributed by atoms with Crippen LogP contribution in [0.2, 0.25) is 0 Å². The molecule has 2 N–H and O–H groups in total. The third kappa shape index (κ3) is 5.09. The molecule has 116 valence electrons. The van der Waals surface area contributed by atoms with Gasteiger partial charge in [0.15, 0.2) is 6.61 Å². The standard InChI is InChI=1S/C17H21N3O2/c1-12(2)19-16-9-6-14(10-18-16)20-17(21)11-22-15-7-4-13(3)5-8-15/h4-10,12H,11H2,1-3H3,(H,18,19)(H,20,21). The number of amides is 1. The van der Waals surface area contributed by atoms with Crippen LogP contribution in [-0.4, -0.2) is 23.5 Å². The topological polar surface area (TPSA) is 63.2 Å². The van der Waals surface area contributed by atoms with Crippen molar-refractivity contribution in [1.82, 2.24) is 4.98 Å². The molecule has 0 spiro atoms. The molecule has 0 aliphatic rings. The van der Waals surface area contributed by atoms with Gasteiger partial charge in [-0.3, -0.25) is 4.79 Å². The molecule has 1 aromatic heterocycles. The van der Waals surface area contributed by atoms with Gasteiger partial charge in [0.25, 0.3) is 5.91 Å². The molecule has 0 unspecified atom stereocenters. The first kappa shape index (κ1) is 15.8. The molecule has 0 radical (unpaired) electrons. The Balaban J connectivity index is 1.82. The Morgan fingerprint density at radius 1 is 1.18 bits per heavy atom. The Morgan fingerprint density at radius 3 is 2.50 bits per heavy atom. The van der Waals surface area contributed by atoms with Crippen LogP contribution in [0.25, 0.3) is 0 Å². The van der Waals surface area contributed by atoms with E-state index in [1.165, 1.54) is 0 Å². The van der Waals surface area contributed by atoms with Gasteiger partial charge in [-0.2, -0.15) is 0 Å². The Hall–Kier alpha value is -2.56. The minimum Gasteiger partial charge on any atom is -0.484 e. The summed E-state index contributed by atoms with van der Waals surface area (Å²) in [6.45, 7) is 6.05. The largest absolute Gasteiger partial charge is 0.484 e. The molecule has 0 aliphatic heterocycles. The number of hydrogen-bond acceptors (Lipinski definition) is 4. The Kier molecular flexibility index (Phi) is 5.36. The molecule has 1 heterocycles. The lowest BCUT2D eigenvalue weighted by Gasteiger charge is -2.10. The van der Waals surface area contributed by atoms with Gasteiger partial charge in [-0.15, -0.1) is 0 Å². The van der Waals surface area contributed by atoms with Crippen LogP contribution in [-0.2, 0) is 4.79 Å². The lowest BCUT2D eigenvalue weighted by atomic mass is 10.2. The van der Waals surface area contributed by atoms with Crippen LogP contribution in [0.5, 0.6) is 5.75 Å². The number of carbonyl (C=O) groups excluding carboxylic acids is 1. The van der Waals surface area contributed by atoms with E-state index in [-0.39, 0.29) is 12.5 Å². The maximum Gasteiger partial charge on any atom is 0.262 e. The van der Waals surface area contributed by atoms with Gasteiger partial charge >= 0.3 is 0 Å². The second kappa shape index (κ2) is 7.45. The smallest absolute Gasteiger partial charge is 0.262 e. The monoisotopic (exact) mass is 299 g/mol. The summed E-state index contributed by atoms with van der Waals surface area (Å²) in [6, 6.07) is 11.5. The molecule has 5 nitrogen and oxygen atoms in total. The number of nitrogens with zero attached hydrogens (tertiary/aromatic N) is 1. The SMILES string of the molecule is Cc1ccc(OCC(=O)Nc2ccc(NC(C)C)nc2)cc1. The molecule has 1 aromatic carbocycles. The first-order valence-corrected chi connectivity index (χ1v) is 7.25. The fourth-order valence-corrected chi connectivity index (χ4v) is 1.83. The number of nitrogens with one attached hydrogen (secondary N) is 2. The van der Waals surface area contributed by atoms with Gasteiger partial charge in [-0.1, -0.05) is 17.7 Å². The zero-order valence-corrected chi connectivity index (χ0v) is 13.1. The van der Waals surface area contributed by atoms with Crippen LogP contribution in [0.3, 0.4) is 0 Å². The second-order valence-electron chi connectivity index (χ2n) is 5.38. The summed E-state index contributed by atoms with van der Waals surface area (Å²) in [5.41, 5.74) is 1.80. The third-order valence-corrected chi connectivity index (χ3v) is 2.87. The second-order valence-corrected chi connectivity index (χ2v) is 5.38. The molecular formula is C17H21N3O2. The van der Waals surface area contributed by atoms with Gasteiger partial charge in [0, 0.05) is 6.04 Å². The minimum absolute atomic E-state index is 0.0327. The molecule has 0 atom stereocenters. The average Bonchev–Trinajstić information content (AvgIpc) is 2.48. The lowest BCUT2D eigenvalue weighted by molar-refractivity contribution is -0.118. The number of anilines is 2. The van der Waals surface area contributed by atoms with Gasteiger partial charge in [0.05, 0.1) is 11.9 Å². The molecule has 5 heteroatoms. The fourth-order valence-electron chi connectivity index (χ4n) is 1.83. The number of aromatic nitrogens is 1. The minimum atomic E-state index is -0.216. The van der Waals surface area contributed by atoms with E-state index in [4.69, 9.17) is 4.74 Å². The van der Waals surface area contributed by atoms with Gasteiger partial charge in [-0.25, -0.2) is 4.98 Å². The molecule has 0 saturated heterocycles. The summed E-state index contributed by atoms with van der Waals surface area (Å²) in [5, 5.41) is 5.94. The van der Waals surface area contributed by atoms with E-state index in [1.54, 1.807) is 6.20 Å². The van der Waals surface area contributed by atoms with Gasteiger partial charge in [-0.05, 0) is 45.0 Å². The maximum absolute atomic E-state index is 11.8. The van der Waals surface area contributed by atoms with Crippen LogP contribution in [0.1, 0.15) is 19.4 Å². The number of aryl methyl sites for hydroxylation is 1. The number of carbonyl (C=O) groups is 1. The van der Waals surface area contributed by atoms with Gasteiger partial charge in [0.1, 0.15) is 11.6 Å². The molecule has 2 aromatic rings. The highest BCUT2D eigenvalue weighted by Gasteiger charge is 2.04. The fraction of sp³-hybridized carbons (Fsp3) is 0.294. The van der Waals surface area contributed by atoms with Crippen LogP contribution >= 0.6 is 0 Å².